The standard InChI is InChI=1S/2C12H10NO2.2C12H9NO.2Cu.2NO3.3H2O/c2*14-12(15,10-6-2-1-3-7-10)11-8-4-5-9-13-11;2*14-12(10-6-2-1-3-7-10)11-8-4-5-9-13-11;;;2*2-1(3)4;;;/h2*1-9,14H;2*1-9H;;;;;3*1H2/q2*-1;;;2*+2;2*-1;;;/t2*12-;;;;;;;;;/m00........./s1. The molecule has 2 atom stereocenters. The average molecular weight is 1070 g/mol. The van der Waals surface area contributed by atoms with Crippen molar-refractivity contribution in [2.75, 3.05) is 0 Å². The van der Waals surface area contributed by atoms with Crippen molar-refractivity contribution in [3.8, 4) is 0 Å². The molecular weight excluding hydrogens is 1030 g/mol. The average Bonchev–Trinajstić information content (AvgIpc) is 3.36. The molecule has 0 saturated carbocycles. The number of rotatable bonds is 8. The molecule has 0 amide bonds. The second kappa shape index (κ2) is 36.0. The minimum absolute atomic E-state index is 0. The molecule has 2 radical (unpaired) electrons. The van der Waals surface area contributed by atoms with Crippen LogP contribution in [-0.4, -0.2) is 68.3 Å². The van der Waals surface area contributed by atoms with E-state index in [0.29, 0.717) is 33.6 Å². The van der Waals surface area contributed by atoms with E-state index in [9.17, 15) is 30.0 Å². The predicted octanol–water partition coefficient (Wildman–Crippen LogP) is 2.94. The minimum atomic E-state index is -2.28. The summed E-state index contributed by atoms with van der Waals surface area (Å²) in [4.78, 5) is 55.8. The molecule has 8 aromatic rings. The van der Waals surface area contributed by atoms with Crippen LogP contribution in [0.25, 0.3) is 0 Å². The van der Waals surface area contributed by atoms with Crippen LogP contribution >= 0.6 is 0 Å². The summed E-state index contributed by atoms with van der Waals surface area (Å²) in [5, 5.41) is 73.2. The zero-order valence-electron chi connectivity index (χ0n) is 36.5. The third-order valence-corrected chi connectivity index (χ3v) is 8.22. The summed E-state index contributed by atoms with van der Waals surface area (Å²) in [7, 11) is 0. The summed E-state index contributed by atoms with van der Waals surface area (Å²) < 4.78 is 0. The predicted molar refractivity (Wildman–Crippen MR) is 247 cm³/mol. The van der Waals surface area contributed by atoms with Crippen molar-refractivity contribution in [1.82, 2.24) is 19.9 Å². The summed E-state index contributed by atoms with van der Waals surface area (Å²) in [6.45, 7) is 0. The monoisotopic (exact) mass is 1070 g/mol. The second-order valence-electron chi connectivity index (χ2n) is 12.7. The number of ketones is 2. The Morgan fingerprint density at radius 3 is 0.831 bits per heavy atom. The van der Waals surface area contributed by atoms with Crippen LogP contribution in [0, 0.1) is 30.6 Å². The van der Waals surface area contributed by atoms with Gasteiger partial charge in [-0.25, -0.2) is 0 Å². The number of benzene rings is 4. The van der Waals surface area contributed by atoms with E-state index >= 15 is 0 Å². The minimum Gasteiger partial charge on any atom is -0.820 e. The smallest absolute Gasteiger partial charge is 0.820 e. The third kappa shape index (κ3) is 24.2. The van der Waals surface area contributed by atoms with E-state index in [0.717, 1.165) is 0 Å². The normalized spacial score (nSPS) is 10.6. The Bertz CT molecular complexity index is 2280. The Kier molecular flexibility index (Phi) is 34.1. The van der Waals surface area contributed by atoms with E-state index in [4.69, 9.17) is 30.6 Å². The van der Waals surface area contributed by atoms with Crippen molar-refractivity contribution in [1.29, 1.82) is 0 Å². The van der Waals surface area contributed by atoms with Gasteiger partial charge in [-0.05, 0) is 59.7 Å². The first-order valence-corrected chi connectivity index (χ1v) is 19.1. The summed E-state index contributed by atoms with van der Waals surface area (Å²) in [5.74, 6) is -4.62. The molecule has 71 heavy (non-hydrogen) atoms. The van der Waals surface area contributed by atoms with Crippen molar-refractivity contribution < 1.29 is 90.8 Å². The first kappa shape index (κ1) is 67.2. The van der Waals surface area contributed by atoms with E-state index in [-0.39, 0.29) is 73.5 Å². The number of aliphatic hydroxyl groups is 2. The van der Waals surface area contributed by atoms with Crippen molar-refractivity contribution in [2.45, 2.75) is 11.6 Å². The molecule has 8 rings (SSSR count). The molecular formula is C48H44Cu2N6O15. The maximum Gasteiger partial charge on any atom is 2.00 e. The number of hydrogen-bond acceptors (Lipinski definition) is 16. The van der Waals surface area contributed by atoms with Crippen LogP contribution in [0.1, 0.15) is 54.6 Å². The Labute approximate surface area is 426 Å². The zero-order valence-corrected chi connectivity index (χ0v) is 38.4. The summed E-state index contributed by atoms with van der Waals surface area (Å²) >= 11 is 0. The van der Waals surface area contributed by atoms with Crippen molar-refractivity contribution >= 4 is 11.6 Å². The topological polar surface area (TPSA) is 399 Å². The van der Waals surface area contributed by atoms with Gasteiger partial charge in [-0.1, -0.05) is 146 Å². The number of carbonyl (C=O) groups excluding carboxylic acids is 2. The van der Waals surface area contributed by atoms with Gasteiger partial charge in [0.1, 0.15) is 11.4 Å². The fourth-order valence-electron chi connectivity index (χ4n) is 5.22. The quantitative estimate of drug-likeness (QED) is 0.0726. The van der Waals surface area contributed by atoms with Gasteiger partial charge in [0.05, 0.1) is 33.1 Å². The number of aromatic nitrogens is 4. The van der Waals surface area contributed by atoms with Gasteiger partial charge in [-0.15, -0.1) is 0 Å². The van der Waals surface area contributed by atoms with Gasteiger partial charge in [0.25, 0.3) is 0 Å². The fraction of sp³-hybridized carbons (Fsp3) is 0.0417. The van der Waals surface area contributed by atoms with Gasteiger partial charge in [0.2, 0.25) is 11.6 Å². The Hall–Kier alpha value is -8.02. The number of carbonyl (C=O) groups is 2. The number of hydrogen-bond donors (Lipinski definition) is 2. The van der Waals surface area contributed by atoms with Crippen molar-refractivity contribution in [3.63, 3.8) is 0 Å². The Balaban J connectivity index is -0.000000807. The van der Waals surface area contributed by atoms with Crippen LogP contribution in [0.4, 0.5) is 0 Å². The van der Waals surface area contributed by atoms with E-state index in [1.807, 2.05) is 48.5 Å². The Morgan fingerprint density at radius 2 is 0.606 bits per heavy atom. The molecule has 0 unspecified atom stereocenters. The van der Waals surface area contributed by atoms with Crippen LogP contribution in [0.2, 0.25) is 0 Å². The number of nitrogens with zero attached hydrogens (tertiary/aromatic N) is 6. The molecule has 0 aliphatic rings. The summed E-state index contributed by atoms with van der Waals surface area (Å²) in [6.07, 6.45) is 6.22. The fourth-order valence-corrected chi connectivity index (χ4v) is 5.22. The molecule has 0 saturated heterocycles. The van der Waals surface area contributed by atoms with E-state index in [2.05, 4.69) is 19.9 Å². The largest absolute Gasteiger partial charge is 2.00 e. The maximum absolute atomic E-state index is 12.0. The van der Waals surface area contributed by atoms with Crippen molar-refractivity contribution in [3.05, 3.63) is 295 Å². The van der Waals surface area contributed by atoms with E-state index in [1.54, 1.807) is 146 Å². The van der Waals surface area contributed by atoms with Crippen LogP contribution in [-0.2, 0) is 45.7 Å². The van der Waals surface area contributed by atoms with Crippen LogP contribution < -0.4 is 10.2 Å². The molecule has 23 heteroatoms. The van der Waals surface area contributed by atoms with Gasteiger partial charge in [0, 0.05) is 35.9 Å². The molecule has 0 aliphatic heterocycles. The first-order valence-electron chi connectivity index (χ1n) is 19.1. The van der Waals surface area contributed by atoms with Crippen molar-refractivity contribution in [2.24, 2.45) is 0 Å². The Morgan fingerprint density at radius 1 is 0.380 bits per heavy atom. The van der Waals surface area contributed by atoms with E-state index < -0.39 is 21.7 Å². The van der Waals surface area contributed by atoms with E-state index in [1.165, 1.54) is 24.5 Å². The molecule has 4 aromatic heterocycles. The molecule has 21 nitrogen and oxygen atoms in total. The molecule has 0 fully saturated rings. The van der Waals surface area contributed by atoms with Crippen LogP contribution in [0.15, 0.2) is 219 Å². The molecule has 0 spiro atoms. The van der Waals surface area contributed by atoms with Gasteiger partial charge in [-0.3, -0.25) is 29.5 Å². The second-order valence-corrected chi connectivity index (χ2v) is 12.7. The first-order chi connectivity index (χ1) is 31.6. The third-order valence-electron chi connectivity index (χ3n) is 8.22. The molecule has 4 aromatic carbocycles. The van der Waals surface area contributed by atoms with Gasteiger partial charge >= 0.3 is 34.1 Å². The van der Waals surface area contributed by atoms with Gasteiger partial charge in [-0.2, -0.15) is 0 Å². The molecule has 8 N–H and O–H groups in total. The van der Waals surface area contributed by atoms with Gasteiger partial charge < -0.3 is 67.5 Å². The molecule has 4 heterocycles. The number of pyridine rings is 4. The molecule has 0 bridgehead atoms. The molecule has 378 valence electrons. The summed E-state index contributed by atoms with van der Waals surface area (Å²) in [5.41, 5.74) is 3.12. The molecule has 0 aliphatic carbocycles. The van der Waals surface area contributed by atoms with Gasteiger partial charge in [0.15, 0.2) is 0 Å². The SMILES string of the molecule is O.O.O.O=C(c1ccccc1)c1ccccn1.O=C(c1ccccc1)c1ccccn1.O=[N+]([O-])[O-].O=[N+]([O-])[O-].[Cu+2].[Cu+2].[O-][C@@](O)(c1ccccc1)c1ccccn1.[O-][C@@](O)(c1ccccc1)c1ccccn1. The van der Waals surface area contributed by atoms with Crippen LogP contribution in [0.3, 0.4) is 0 Å². The summed E-state index contributed by atoms with van der Waals surface area (Å²) in [6, 6.07) is 55.5. The van der Waals surface area contributed by atoms with Crippen LogP contribution in [0.5, 0.6) is 0 Å². The maximum atomic E-state index is 12.0. The zero-order chi connectivity index (χ0) is 48.2.